The molecule has 3 heteroatoms. The molecule has 1 amide bonds. The van der Waals surface area contributed by atoms with Crippen molar-refractivity contribution in [2.75, 3.05) is 5.32 Å². The quantitative estimate of drug-likeness (QED) is 0.746. The Bertz CT molecular complexity index is 497. The van der Waals surface area contributed by atoms with Gasteiger partial charge in [-0.1, -0.05) is 44.5 Å². The summed E-state index contributed by atoms with van der Waals surface area (Å²) in [7, 11) is 0. The number of benzene rings is 1. The van der Waals surface area contributed by atoms with Gasteiger partial charge < -0.3 is 5.32 Å². The van der Waals surface area contributed by atoms with Gasteiger partial charge in [0.25, 0.3) is 5.91 Å². The highest BCUT2D eigenvalue weighted by molar-refractivity contribution is 6.34. The van der Waals surface area contributed by atoms with Gasteiger partial charge in [0.05, 0.1) is 5.69 Å². The summed E-state index contributed by atoms with van der Waals surface area (Å²) in [5, 5.41) is 3.47. The summed E-state index contributed by atoms with van der Waals surface area (Å²) in [5.74, 6) is -0.0356. The van der Waals surface area contributed by atoms with Gasteiger partial charge in [-0.2, -0.15) is 0 Å². The zero-order valence-corrected chi connectivity index (χ0v) is 11.1. The highest BCUT2D eigenvalue weighted by Crippen LogP contribution is 2.35. The zero-order valence-electron chi connectivity index (χ0n) is 10.3. The van der Waals surface area contributed by atoms with Gasteiger partial charge in [-0.25, -0.2) is 0 Å². The summed E-state index contributed by atoms with van der Waals surface area (Å²) in [5.41, 5.74) is 2.69. The SMILES string of the molecule is CC(C)(C)CC=C1C(=O)Nc2cc(Cl)ccc21. The molecule has 1 aliphatic rings. The smallest absolute Gasteiger partial charge is 0.256 e. The second-order valence-corrected chi connectivity index (χ2v) is 5.96. The highest BCUT2D eigenvalue weighted by Gasteiger charge is 2.24. The predicted molar refractivity (Wildman–Crippen MR) is 72.1 cm³/mol. The molecule has 2 nitrogen and oxygen atoms in total. The Morgan fingerprint density at radius 3 is 2.71 bits per heavy atom. The maximum atomic E-state index is 11.8. The third-order valence-corrected chi connectivity index (χ3v) is 2.92. The normalized spacial score (nSPS) is 17.2. The monoisotopic (exact) mass is 249 g/mol. The van der Waals surface area contributed by atoms with E-state index < -0.39 is 0 Å². The summed E-state index contributed by atoms with van der Waals surface area (Å²) in [6.45, 7) is 6.46. The van der Waals surface area contributed by atoms with Crippen molar-refractivity contribution in [1.82, 2.24) is 0 Å². The molecule has 1 aliphatic heterocycles. The van der Waals surface area contributed by atoms with Gasteiger partial charge in [-0.3, -0.25) is 4.79 Å². The van der Waals surface area contributed by atoms with Crippen molar-refractivity contribution < 1.29 is 4.79 Å². The zero-order chi connectivity index (χ0) is 12.6. The van der Waals surface area contributed by atoms with Crippen LogP contribution in [-0.2, 0) is 4.79 Å². The van der Waals surface area contributed by atoms with Gasteiger partial charge in [-0.05, 0) is 24.0 Å². The number of rotatable bonds is 1. The molecule has 0 radical (unpaired) electrons. The Kier molecular flexibility index (Phi) is 3.00. The van der Waals surface area contributed by atoms with Crippen molar-refractivity contribution in [3.05, 3.63) is 34.9 Å². The minimum atomic E-state index is -0.0356. The maximum Gasteiger partial charge on any atom is 0.256 e. The molecule has 0 aromatic heterocycles. The number of amides is 1. The first-order chi connectivity index (χ1) is 7.87. The summed E-state index contributed by atoms with van der Waals surface area (Å²) in [4.78, 5) is 11.8. The molecule has 1 N–H and O–H groups in total. The second-order valence-electron chi connectivity index (χ2n) is 5.53. The Morgan fingerprint density at radius 1 is 1.35 bits per heavy atom. The molecule has 90 valence electrons. The minimum absolute atomic E-state index is 0.0356. The molecule has 1 aromatic rings. The Labute approximate surface area is 107 Å². The van der Waals surface area contributed by atoms with Crippen LogP contribution in [0.2, 0.25) is 5.02 Å². The molecular weight excluding hydrogens is 234 g/mol. The van der Waals surface area contributed by atoms with Crippen molar-refractivity contribution in [2.24, 2.45) is 5.41 Å². The number of carbonyl (C=O) groups is 1. The molecule has 0 aliphatic carbocycles. The molecule has 0 fully saturated rings. The summed E-state index contributed by atoms with van der Waals surface area (Å²) >= 11 is 5.90. The van der Waals surface area contributed by atoms with Crippen LogP contribution in [0, 0.1) is 5.41 Å². The van der Waals surface area contributed by atoms with Crippen LogP contribution in [0.5, 0.6) is 0 Å². The van der Waals surface area contributed by atoms with E-state index in [0.717, 1.165) is 23.2 Å². The lowest BCUT2D eigenvalue weighted by Crippen LogP contribution is -2.06. The van der Waals surface area contributed by atoms with Crippen LogP contribution < -0.4 is 5.32 Å². The molecule has 0 spiro atoms. The highest BCUT2D eigenvalue weighted by atomic mass is 35.5. The van der Waals surface area contributed by atoms with E-state index in [1.54, 1.807) is 6.07 Å². The standard InChI is InChI=1S/C14H16ClNO/c1-14(2,3)7-6-11-10-5-4-9(15)8-12(10)16-13(11)17/h4-6,8H,7H2,1-3H3,(H,16,17). The molecular formula is C14H16ClNO. The van der Waals surface area contributed by atoms with Crippen molar-refractivity contribution in [3.8, 4) is 0 Å². The maximum absolute atomic E-state index is 11.8. The van der Waals surface area contributed by atoms with Crippen molar-refractivity contribution in [3.63, 3.8) is 0 Å². The Hall–Kier alpha value is -1.28. The molecule has 0 unspecified atom stereocenters. The van der Waals surface area contributed by atoms with E-state index >= 15 is 0 Å². The number of carbonyl (C=O) groups excluding carboxylic acids is 1. The number of fused-ring (bicyclic) bond motifs is 1. The fourth-order valence-corrected chi connectivity index (χ4v) is 1.95. The van der Waals surface area contributed by atoms with Crippen LogP contribution in [0.15, 0.2) is 24.3 Å². The molecule has 0 saturated carbocycles. The van der Waals surface area contributed by atoms with Gasteiger partial charge in [0.1, 0.15) is 0 Å². The van der Waals surface area contributed by atoms with E-state index in [4.69, 9.17) is 11.6 Å². The average molecular weight is 250 g/mol. The topological polar surface area (TPSA) is 29.1 Å². The number of halogens is 1. The van der Waals surface area contributed by atoms with Gasteiger partial charge in [0.2, 0.25) is 0 Å². The van der Waals surface area contributed by atoms with Gasteiger partial charge in [-0.15, -0.1) is 0 Å². The van der Waals surface area contributed by atoms with Crippen LogP contribution in [0.25, 0.3) is 5.57 Å². The van der Waals surface area contributed by atoms with Crippen LogP contribution in [0.1, 0.15) is 32.8 Å². The van der Waals surface area contributed by atoms with Gasteiger partial charge in [0, 0.05) is 16.2 Å². The van der Waals surface area contributed by atoms with Crippen LogP contribution >= 0.6 is 11.6 Å². The molecule has 0 saturated heterocycles. The number of nitrogens with one attached hydrogen (secondary N) is 1. The predicted octanol–water partition coefficient (Wildman–Crippen LogP) is 4.11. The first-order valence-electron chi connectivity index (χ1n) is 5.68. The van der Waals surface area contributed by atoms with Crippen LogP contribution in [0.4, 0.5) is 5.69 Å². The first kappa shape index (κ1) is 12.2. The summed E-state index contributed by atoms with van der Waals surface area (Å²) in [6.07, 6.45) is 2.88. The Balaban J connectivity index is 2.35. The summed E-state index contributed by atoms with van der Waals surface area (Å²) < 4.78 is 0. The molecule has 1 heterocycles. The lowest BCUT2D eigenvalue weighted by atomic mass is 9.90. The van der Waals surface area contributed by atoms with Gasteiger partial charge in [0.15, 0.2) is 0 Å². The first-order valence-corrected chi connectivity index (χ1v) is 6.06. The number of anilines is 1. The minimum Gasteiger partial charge on any atom is -0.321 e. The Morgan fingerprint density at radius 2 is 2.06 bits per heavy atom. The lowest BCUT2D eigenvalue weighted by Gasteiger charge is -2.15. The fourth-order valence-electron chi connectivity index (χ4n) is 1.78. The van der Waals surface area contributed by atoms with E-state index in [1.807, 2.05) is 18.2 Å². The van der Waals surface area contributed by atoms with Crippen LogP contribution in [0.3, 0.4) is 0 Å². The largest absolute Gasteiger partial charge is 0.321 e. The number of hydrogen-bond acceptors (Lipinski definition) is 1. The van der Waals surface area contributed by atoms with E-state index in [-0.39, 0.29) is 11.3 Å². The molecule has 0 bridgehead atoms. The van der Waals surface area contributed by atoms with Gasteiger partial charge >= 0.3 is 0 Å². The van der Waals surface area contributed by atoms with Crippen molar-refractivity contribution >= 4 is 28.8 Å². The van der Waals surface area contributed by atoms with Crippen molar-refractivity contribution in [2.45, 2.75) is 27.2 Å². The average Bonchev–Trinajstić information content (AvgIpc) is 2.48. The van der Waals surface area contributed by atoms with E-state index in [2.05, 4.69) is 26.1 Å². The lowest BCUT2D eigenvalue weighted by molar-refractivity contribution is -0.110. The van der Waals surface area contributed by atoms with E-state index in [1.165, 1.54) is 0 Å². The second kappa shape index (κ2) is 4.19. The molecule has 17 heavy (non-hydrogen) atoms. The third-order valence-electron chi connectivity index (χ3n) is 2.68. The number of hydrogen-bond donors (Lipinski definition) is 1. The molecule has 0 atom stereocenters. The third kappa shape index (κ3) is 2.70. The van der Waals surface area contributed by atoms with Crippen molar-refractivity contribution in [1.29, 1.82) is 0 Å². The fraction of sp³-hybridized carbons (Fsp3) is 0.357. The van der Waals surface area contributed by atoms with Crippen LogP contribution in [-0.4, -0.2) is 5.91 Å². The number of allylic oxidation sites excluding steroid dienone is 1. The molecule has 2 rings (SSSR count). The summed E-state index contributed by atoms with van der Waals surface area (Å²) in [6, 6.07) is 5.49. The van der Waals surface area contributed by atoms with E-state index in [0.29, 0.717) is 5.02 Å². The van der Waals surface area contributed by atoms with E-state index in [9.17, 15) is 4.79 Å². The molecule has 1 aromatic carbocycles.